The number of ether oxygens (including phenoxy) is 3. The van der Waals surface area contributed by atoms with E-state index in [0.29, 0.717) is 0 Å². The van der Waals surface area contributed by atoms with Gasteiger partial charge in [-0.2, -0.15) is 0 Å². The van der Waals surface area contributed by atoms with Crippen LogP contribution in [0.3, 0.4) is 0 Å². The lowest BCUT2D eigenvalue weighted by Gasteiger charge is -2.44. The van der Waals surface area contributed by atoms with Gasteiger partial charge in [-0.3, -0.25) is 0 Å². The van der Waals surface area contributed by atoms with Crippen LogP contribution in [0, 0.1) is 0 Å². The predicted octanol–water partition coefficient (Wildman–Crippen LogP) is 7.72. The summed E-state index contributed by atoms with van der Waals surface area (Å²) in [6.07, 6.45) is -3.09. The molecule has 1 aliphatic heterocycles. The summed E-state index contributed by atoms with van der Waals surface area (Å²) in [6, 6.07) is 46.9. The monoisotopic (exact) mass is 727 g/mol. The maximum atomic E-state index is 13.2. The molecule has 0 spiro atoms. The molecule has 8 heteroatoms. The molecule has 5 aromatic rings. The number of rotatable bonds is 11. The Balaban J connectivity index is 1.04. The molecule has 2 aliphatic rings. The van der Waals surface area contributed by atoms with E-state index in [0.717, 1.165) is 16.7 Å². The van der Waals surface area contributed by atoms with Gasteiger partial charge in [0.05, 0.1) is 24.9 Å². The molecule has 7 nitrogen and oxygen atoms in total. The molecule has 53 heavy (non-hydrogen) atoms. The number of aliphatic hydroxyl groups excluding tert-OH is 1. The van der Waals surface area contributed by atoms with Crippen LogP contribution in [0.1, 0.15) is 62.8 Å². The fraction of sp³-hybridized carbons (Fsp3) is 0.311. The lowest BCUT2D eigenvalue weighted by molar-refractivity contribution is -0.242. The van der Waals surface area contributed by atoms with Crippen LogP contribution >= 0.6 is 0 Å². The van der Waals surface area contributed by atoms with Crippen molar-refractivity contribution in [1.29, 1.82) is 0 Å². The lowest BCUT2D eigenvalue weighted by Crippen LogP contribution is -2.67. The summed E-state index contributed by atoms with van der Waals surface area (Å²) in [5.74, 6) is -0.0584. The highest BCUT2D eigenvalue weighted by Gasteiger charge is 2.50. The van der Waals surface area contributed by atoms with Crippen molar-refractivity contribution in [3.63, 3.8) is 0 Å². The number of carbonyl (C=O) groups is 1. The van der Waals surface area contributed by atoms with E-state index in [1.54, 1.807) is 0 Å². The van der Waals surface area contributed by atoms with Crippen LogP contribution in [-0.4, -0.2) is 57.3 Å². The topological polar surface area (TPSA) is 86.3 Å². The number of amides is 1. The number of hydrogen-bond acceptors (Lipinski definition) is 6. The number of nitrogens with one attached hydrogen (secondary N) is 1. The van der Waals surface area contributed by atoms with Crippen molar-refractivity contribution in [1.82, 2.24) is 5.32 Å². The van der Waals surface area contributed by atoms with Crippen molar-refractivity contribution < 1.29 is 28.5 Å². The minimum atomic E-state index is -2.86. The number of aliphatic hydroxyl groups is 1. The maximum Gasteiger partial charge on any atom is 0.407 e. The summed E-state index contributed by atoms with van der Waals surface area (Å²) < 4.78 is 26.1. The third-order valence-electron chi connectivity index (χ3n) is 10.7. The smallest absolute Gasteiger partial charge is 0.407 e. The van der Waals surface area contributed by atoms with E-state index in [1.165, 1.54) is 21.5 Å². The first-order valence-corrected chi connectivity index (χ1v) is 20.5. The normalized spacial score (nSPS) is 20.6. The molecule has 5 aromatic carbocycles. The van der Waals surface area contributed by atoms with Gasteiger partial charge in [0.25, 0.3) is 8.32 Å². The zero-order valence-electron chi connectivity index (χ0n) is 30.9. The fourth-order valence-corrected chi connectivity index (χ4v) is 12.7. The molecular formula is C45H49NO6Si. The van der Waals surface area contributed by atoms with Crippen LogP contribution in [0.4, 0.5) is 4.79 Å². The van der Waals surface area contributed by atoms with Gasteiger partial charge in [0, 0.05) is 12.3 Å². The second-order valence-electron chi connectivity index (χ2n) is 15.1. The third kappa shape index (κ3) is 7.61. The predicted molar refractivity (Wildman–Crippen MR) is 211 cm³/mol. The largest absolute Gasteiger partial charge is 0.449 e. The third-order valence-corrected chi connectivity index (χ3v) is 15.7. The second-order valence-corrected chi connectivity index (χ2v) is 19.4. The molecule has 0 bridgehead atoms. The van der Waals surface area contributed by atoms with E-state index in [2.05, 4.69) is 98.9 Å². The highest BCUT2D eigenvalue weighted by atomic mass is 28.4. The summed E-state index contributed by atoms with van der Waals surface area (Å²) in [5, 5.41) is 16.4. The summed E-state index contributed by atoms with van der Waals surface area (Å²) in [5.41, 5.74) is 5.57. The average Bonchev–Trinajstić information content (AvgIpc) is 3.49. The molecule has 0 radical (unpaired) electrons. The van der Waals surface area contributed by atoms with Crippen molar-refractivity contribution >= 4 is 24.8 Å². The van der Waals surface area contributed by atoms with Gasteiger partial charge in [0.15, 0.2) is 6.29 Å². The van der Waals surface area contributed by atoms with E-state index in [9.17, 15) is 9.90 Å². The first-order valence-electron chi connectivity index (χ1n) is 18.6. The Morgan fingerprint density at radius 2 is 1.30 bits per heavy atom. The van der Waals surface area contributed by atoms with Gasteiger partial charge in [0.1, 0.15) is 12.7 Å². The van der Waals surface area contributed by atoms with Crippen LogP contribution in [0.2, 0.25) is 5.04 Å². The van der Waals surface area contributed by atoms with Crippen LogP contribution in [0.15, 0.2) is 140 Å². The lowest BCUT2D eigenvalue weighted by atomic mass is 9.98. The summed E-state index contributed by atoms with van der Waals surface area (Å²) in [7, 11) is -2.86. The van der Waals surface area contributed by atoms with Crippen molar-refractivity contribution in [3.05, 3.63) is 156 Å². The summed E-state index contributed by atoms with van der Waals surface area (Å²) >= 11 is 0. The van der Waals surface area contributed by atoms with Crippen LogP contribution in [0.5, 0.6) is 0 Å². The number of alkyl carbamates (subject to hydrolysis) is 1. The Hall–Kier alpha value is -4.57. The Morgan fingerprint density at radius 3 is 1.83 bits per heavy atom. The molecule has 274 valence electrons. The maximum absolute atomic E-state index is 13.2. The molecule has 1 aliphatic carbocycles. The zero-order valence-corrected chi connectivity index (χ0v) is 31.9. The number of fused-ring (bicyclic) bond motifs is 3. The van der Waals surface area contributed by atoms with E-state index in [4.69, 9.17) is 18.6 Å². The first kappa shape index (κ1) is 36.8. The van der Waals surface area contributed by atoms with Crippen molar-refractivity contribution in [3.8, 4) is 11.1 Å². The standard InChI is InChI=1S/C45H49NO6Si/c1-31-43(46-44(48)49-29-39-37-26-16-14-24-35(37)36-25-15-17-27-38(36)39)40(47)28-42(51-31)52-41(32-18-8-5-9-19-32)30-50-53(45(2,3)4,33-20-10-6-11-21-33)34-22-12-7-13-23-34/h5-27,31,39-43,47H,28-30H2,1-4H3,(H,46,48)/t31-,40-,41-,42-,43+/m0/s1. The Kier molecular flexibility index (Phi) is 11.0. The molecule has 0 saturated carbocycles. The molecule has 0 unspecified atom stereocenters. The minimum Gasteiger partial charge on any atom is -0.449 e. The fourth-order valence-electron chi connectivity index (χ4n) is 8.14. The van der Waals surface area contributed by atoms with Gasteiger partial charge < -0.3 is 29.1 Å². The number of carbonyl (C=O) groups excluding carboxylic acids is 1. The minimum absolute atomic E-state index is 0.0584. The molecular weight excluding hydrogens is 679 g/mol. The van der Waals surface area contributed by atoms with Crippen molar-refractivity contribution in [2.45, 2.75) is 75.7 Å². The van der Waals surface area contributed by atoms with E-state index in [1.807, 2.05) is 73.7 Å². The quantitative estimate of drug-likeness (QED) is 0.136. The Labute approximate surface area is 314 Å². The first-order chi connectivity index (χ1) is 25.7. The highest BCUT2D eigenvalue weighted by Crippen LogP contribution is 2.44. The molecule has 5 atom stereocenters. The SMILES string of the molecule is C[C@@H]1O[C@@H](O[C@@H](CO[Si](c2ccccc2)(c2ccccc2)C(C)(C)C)c2ccccc2)C[C@H](O)[C@@H]1NC(=O)OCC1c2ccccc2-c2ccccc21. The zero-order chi connectivity index (χ0) is 37.0. The van der Waals surface area contributed by atoms with Crippen LogP contribution in [0.25, 0.3) is 11.1 Å². The van der Waals surface area contributed by atoms with Gasteiger partial charge in [-0.15, -0.1) is 0 Å². The molecule has 1 heterocycles. The van der Waals surface area contributed by atoms with Gasteiger partial charge >= 0.3 is 6.09 Å². The van der Waals surface area contributed by atoms with Gasteiger partial charge in [-0.05, 0) is 50.2 Å². The Bertz CT molecular complexity index is 1870. The van der Waals surface area contributed by atoms with Crippen molar-refractivity contribution in [2.75, 3.05) is 13.2 Å². The highest BCUT2D eigenvalue weighted by molar-refractivity contribution is 6.99. The summed E-state index contributed by atoms with van der Waals surface area (Å²) in [6.45, 7) is 9.07. The van der Waals surface area contributed by atoms with E-state index < -0.39 is 45.1 Å². The van der Waals surface area contributed by atoms with Crippen molar-refractivity contribution in [2.24, 2.45) is 0 Å². The average molecular weight is 728 g/mol. The molecule has 2 N–H and O–H groups in total. The van der Waals surface area contributed by atoms with Crippen LogP contribution in [-0.2, 0) is 18.6 Å². The van der Waals surface area contributed by atoms with Crippen LogP contribution < -0.4 is 15.7 Å². The number of benzene rings is 5. The molecule has 1 amide bonds. The molecule has 7 rings (SSSR count). The van der Waals surface area contributed by atoms with E-state index in [-0.39, 0.29) is 30.6 Å². The number of hydrogen-bond donors (Lipinski definition) is 2. The Morgan fingerprint density at radius 1 is 0.792 bits per heavy atom. The molecule has 1 fully saturated rings. The van der Waals surface area contributed by atoms with E-state index >= 15 is 0 Å². The summed E-state index contributed by atoms with van der Waals surface area (Å²) in [4.78, 5) is 13.2. The molecule has 1 saturated heterocycles. The van der Waals surface area contributed by atoms with Gasteiger partial charge in [0.2, 0.25) is 0 Å². The van der Waals surface area contributed by atoms with Gasteiger partial charge in [-0.1, -0.05) is 160 Å². The molecule has 0 aromatic heterocycles. The second kappa shape index (κ2) is 15.8. The van der Waals surface area contributed by atoms with Gasteiger partial charge in [-0.25, -0.2) is 4.79 Å².